The Kier molecular flexibility index (Phi) is 5.05. The third-order valence-electron chi connectivity index (χ3n) is 3.59. The second kappa shape index (κ2) is 6.78. The van der Waals surface area contributed by atoms with Gasteiger partial charge in [0.25, 0.3) is 0 Å². The first-order valence-corrected chi connectivity index (χ1v) is 7.13. The molecule has 0 saturated carbocycles. The van der Waals surface area contributed by atoms with Gasteiger partial charge in [-0.05, 0) is 48.6 Å². The van der Waals surface area contributed by atoms with Crippen molar-refractivity contribution in [3.8, 4) is 5.75 Å². The van der Waals surface area contributed by atoms with Crippen LogP contribution in [0.5, 0.6) is 5.75 Å². The molecule has 0 amide bonds. The zero-order chi connectivity index (χ0) is 14.5. The number of rotatable bonds is 5. The first kappa shape index (κ1) is 14.9. The Bertz CT molecular complexity index is 583. The number of nitrogens with two attached hydrogens (primary N) is 1. The molecule has 0 aliphatic heterocycles. The molecule has 106 valence electrons. The van der Waals surface area contributed by atoms with Crippen LogP contribution in [0.2, 0.25) is 5.02 Å². The van der Waals surface area contributed by atoms with E-state index in [1.807, 2.05) is 18.2 Å². The fourth-order valence-electron chi connectivity index (χ4n) is 2.28. The third-order valence-corrected chi connectivity index (χ3v) is 3.90. The van der Waals surface area contributed by atoms with Crippen molar-refractivity contribution in [1.29, 1.82) is 0 Å². The van der Waals surface area contributed by atoms with Gasteiger partial charge in [-0.25, -0.2) is 0 Å². The summed E-state index contributed by atoms with van der Waals surface area (Å²) in [5.74, 6) is 0.676. The summed E-state index contributed by atoms with van der Waals surface area (Å²) >= 11 is 6.03. The predicted molar refractivity (Wildman–Crippen MR) is 84.4 cm³/mol. The maximum absolute atomic E-state index is 6.27. The Morgan fingerprint density at radius 2 is 1.95 bits per heavy atom. The van der Waals surface area contributed by atoms with Gasteiger partial charge in [0, 0.05) is 6.04 Å². The number of aryl methyl sites for hydroxylation is 2. The molecule has 2 rings (SSSR count). The normalized spacial score (nSPS) is 12.2. The maximum Gasteiger partial charge on any atom is 0.137 e. The highest BCUT2D eigenvalue weighted by atomic mass is 35.5. The Morgan fingerprint density at radius 3 is 2.65 bits per heavy atom. The number of methoxy groups -OCH3 is 1. The van der Waals surface area contributed by atoms with Crippen molar-refractivity contribution in [3.05, 3.63) is 64.2 Å². The lowest BCUT2D eigenvalue weighted by Crippen LogP contribution is -2.11. The van der Waals surface area contributed by atoms with Gasteiger partial charge >= 0.3 is 0 Å². The lowest BCUT2D eigenvalue weighted by atomic mass is 9.97. The first-order chi connectivity index (χ1) is 9.61. The number of halogens is 1. The average molecular weight is 290 g/mol. The van der Waals surface area contributed by atoms with Gasteiger partial charge in [0.2, 0.25) is 0 Å². The van der Waals surface area contributed by atoms with Gasteiger partial charge in [0.05, 0.1) is 12.1 Å². The highest BCUT2D eigenvalue weighted by Gasteiger charge is 2.10. The molecule has 0 aliphatic carbocycles. The van der Waals surface area contributed by atoms with E-state index in [4.69, 9.17) is 22.1 Å². The van der Waals surface area contributed by atoms with E-state index in [2.05, 4.69) is 31.2 Å². The molecule has 0 heterocycles. The summed E-state index contributed by atoms with van der Waals surface area (Å²) in [6, 6.07) is 14.1. The number of ether oxygens (including phenoxy) is 1. The molecule has 20 heavy (non-hydrogen) atoms. The van der Waals surface area contributed by atoms with Gasteiger partial charge in [-0.1, -0.05) is 41.9 Å². The van der Waals surface area contributed by atoms with Crippen LogP contribution in [-0.4, -0.2) is 7.11 Å². The van der Waals surface area contributed by atoms with Gasteiger partial charge in [-0.3, -0.25) is 0 Å². The highest BCUT2D eigenvalue weighted by Crippen LogP contribution is 2.28. The molecule has 0 radical (unpaired) electrons. The molecule has 2 nitrogen and oxygen atoms in total. The van der Waals surface area contributed by atoms with Crippen molar-refractivity contribution in [3.63, 3.8) is 0 Å². The van der Waals surface area contributed by atoms with Crippen LogP contribution in [-0.2, 0) is 6.42 Å². The molecule has 0 fully saturated rings. The Labute approximate surface area is 125 Å². The first-order valence-electron chi connectivity index (χ1n) is 6.75. The molecule has 0 spiro atoms. The van der Waals surface area contributed by atoms with E-state index in [1.165, 1.54) is 11.1 Å². The quantitative estimate of drug-likeness (QED) is 0.891. The SMILES string of the molecule is COc1cc(C(N)CCc2ccccc2C)ccc1Cl. The molecule has 0 aliphatic rings. The molecule has 3 heteroatoms. The standard InChI is InChI=1S/C17H20ClNO/c1-12-5-3-4-6-13(12)8-10-16(19)14-7-9-15(18)17(11-14)20-2/h3-7,9,11,16H,8,10,19H2,1-2H3. The van der Waals surface area contributed by atoms with E-state index >= 15 is 0 Å². The average Bonchev–Trinajstić information content (AvgIpc) is 2.46. The summed E-state index contributed by atoms with van der Waals surface area (Å²) in [7, 11) is 1.61. The Hall–Kier alpha value is -1.51. The van der Waals surface area contributed by atoms with Gasteiger partial charge in [0.1, 0.15) is 5.75 Å². The molecule has 0 bridgehead atoms. The van der Waals surface area contributed by atoms with Crippen LogP contribution in [0.15, 0.2) is 42.5 Å². The number of hydrogen-bond donors (Lipinski definition) is 1. The largest absolute Gasteiger partial charge is 0.495 e. The molecular formula is C17H20ClNO. The van der Waals surface area contributed by atoms with Crippen molar-refractivity contribution in [2.24, 2.45) is 5.73 Å². The van der Waals surface area contributed by atoms with Crippen LogP contribution in [0.25, 0.3) is 0 Å². The zero-order valence-electron chi connectivity index (χ0n) is 11.9. The molecule has 2 N–H and O–H groups in total. The topological polar surface area (TPSA) is 35.2 Å². The number of benzene rings is 2. The van der Waals surface area contributed by atoms with E-state index < -0.39 is 0 Å². The van der Waals surface area contributed by atoms with Crippen molar-refractivity contribution < 1.29 is 4.74 Å². The van der Waals surface area contributed by atoms with E-state index in [1.54, 1.807) is 7.11 Å². The summed E-state index contributed by atoms with van der Waals surface area (Å²) in [5, 5.41) is 0.613. The fourth-order valence-corrected chi connectivity index (χ4v) is 2.47. The summed E-state index contributed by atoms with van der Waals surface area (Å²) in [5.41, 5.74) is 9.99. The second-order valence-corrected chi connectivity index (χ2v) is 5.37. The van der Waals surface area contributed by atoms with Gasteiger partial charge in [-0.2, -0.15) is 0 Å². The van der Waals surface area contributed by atoms with Crippen LogP contribution in [0.4, 0.5) is 0 Å². The molecule has 1 unspecified atom stereocenters. The van der Waals surface area contributed by atoms with Crippen molar-refractivity contribution in [1.82, 2.24) is 0 Å². The van der Waals surface area contributed by atoms with E-state index in [0.717, 1.165) is 18.4 Å². The molecule has 2 aromatic carbocycles. The summed E-state index contributed by atoms with van der Waals surface area (Å²) < 4.78 is 5.23. The maximum atomic E-state index is 6.27. The zero-order valence-corrected chi connectivity index (χ0v) is 12.7. The van der Waals surface area contributed by atoms with Crippen molar-refractivity contribution >= 4 is 11.6 Å². The van der Waals surface area contributed by atoms with E-state index in [9.17, 15) is 0 Å². The smallest absolute Gasteiger partial charge is 0.137 e. The minimum absolute atomic E-state index is 0.0132. The predicted octanol–water partition coefficient (Wildman–Crippen LogP) is 4.29. The fraction of sp³-hybridized carbons (Fsp3) is 0.294. The summed E-state index contributed by atoms with van der Waals surface area (Å²) in [6.07, 6.45) is 1.87. The van der Waals surface area contributed by atoms with E-state index in [0.29, 0.717) is 10.8 Å². The van der Waals surface area contributed by atoms with Crippen LogP contribution in [0, 0.1) is 6.92 Å². The minimum Gasteiger partial charge on any atom is -0.495 e. The van der Waals surface area contributed by atoms with Crippen LogP contribution < -0.4 is 10.5 Å². The molecule has 0 saturated heterocycles. The second-order valence-electron chi connectivity index (χ2n) is 4.97. The van der Waals surface area contributed by atoms with Gasteiger partial charge in [0.15, 0.2) is 0 Å². The molecule has 2 aromatic rings. The third kappa shape index (κ3) is 3.53. The monoisotopic (exact) mass is 289 g/mol. The lowest BCUT2D eigenvalue weighted by molar-refractivity contribution is 0.414. The van der Waals surface area contributed by atoms with Gasteiger partial charge in [-0.15, -0.1) is 0 Å². The van der Waals surface area contributed by atoms with Crippen molar-refractivity contribution in [2.75, 3.05) is 7.11 Å². The van der Waals surface area contributed by atoms with Crippen molar-refractivity contribution in [2.45, 2.75) is 25.8 Å². The minimum atomic E-state index is -0.0132. The number of hydrogen-bond acceptors (Lipinski definition) is 2. The lowest BCUT2D eigenvalue weighted by Gasteiger charge is -2.14. The van der Waals surface area contributed by atoms with Crippen LogP contribution >= 0.6 is 11.6 Å². The van der Waals surface area contributed by atoms with Crippen LogP contribution in [0.3, 0.4) is 0 Å². The Balaban J connectivity index is 2.05. The molecule has 1 atom stereocenters. The van der Waals surface area contributed by atoms with Gasteiger partial charge < -0.3 is 10.5 Å². The van der Waals surface area contributed by atoms with E-state index in [-0.39, 0.29) is 6.04 Å². The highest BCUT2D eigenvalue weighted by molar-refractivity contribution is 6.32. The molecule has 0 aromatic heterocycles. The van der Waals surface area contributed by atoms with Crippen LogP contribution in [0.1, 0.15) is 29.2 Å². The summed E-state index contributed by atoms with van der Waals surface area (Å²) in [6.45, 7) is 2.13. The summed E-state index contributed by atoms with van der Waals surface area (Å²) in [4.78, 5) is 0. The molecular weight excluding hydrogens is 270 g/mol. The Morgan fingerprint density at radius 1 is 1.20 bits per heavy atom.